The fraction of sp³-hybridized carbons (Fsp3) is 0.545. The van der Waals surface area contributed by atoms with Crippen molar-refractivity contribution in [1.29, 1.82) is 0 Å². The smallest absolute Gasteiger partial charge is 0.168 e. The van der Waals surface area contributed by atoms with Crippen LogP contribution in [0.1, 0.15) is 12.8 Å². The van der Waals surface area contributed by atoms with Crippen molar-refractivity contribution in [3.63, 3.8) is 0 Å². The number of halogens is 3. The first-order chi connectivity index (χ1) is 7.70. The van der Waals surface area contributed by atoms with Crippen LogP contribution in [0.3, 0.4) is 0 Å². The zero-order valence-electron chi connectivity index (χ0n) is 8.80. The minimum absolute atomic E-state index is 0.273. The molecule has 1 aliphatic rings. The lowest BCUT2D eigenvalue weighted by atomic mass is 9.99. The van der Waals surface area contributed by atoms with Gasteiger partial charge in [-0.05, 0) is 18.8 Å². The number of rotatable bonds is 2. The van der Waals surface area contributed by atoms with Crippen molar-refractivity contribution in [2.75, 3.05) is 23.3 Å². The van der Waals surface area contributed by atoms with Gasteiger partial charge in [-0.15, -0.1) is 0 Å². The Bertz CT molecular complexity index is 365. The molecule has 0 atom stereocenters. The number of pyridine rings is 1. The van der Waals surface area contributed by atoms with Crippen LogP contribution in [0.15, 0.2) is 12.3 Å². The summed E-state index contributed by atoms with van der Waals surface area (Å²) in [5.41, 5.74) is 0. The van der Waals surface area contributed by atoms with Crippen molar-refractivity contribution in [2.45, 2.75) is 12.8 Å². The molecular weight excluding hydrogens is 278 g/mol. The van der Waals surface area contributed by atoms with Gasteiger partial charge in [0.2, 0.25) is 0 Å². The van der Waals surface area contributed by atoms with Gasteiger partial charge in [-0.1, -0.05) is 15.9 Å². The van der Waals surface area contributed by atoms with E-state index in [0.29, 0.717) is 5.92 Å². The monoisotopic (exact) mass is 290 g/mol. The van der Waals surface area contributed by atoms with Crippen LogP contribution in [-0.2, 0) is 0 Å². The number of alkyl halides is 1. The van der Waals surface area contributed by atoms with E-state index in [9.17, 15) is 8.78 Å². The second-order valence-electron chi connectivity index (χ2n) is 4.04. The maximum Gasteiger partial charge on any atom is 0.168 e. The molecule has 0 radical (unpaired) electrons. The average Bonchev–Trinajstić information content (AvgIpc) is 2.29. The number of anilines is 1. The fourth-order valence-corrected chi connectivity index (χ4v) is 2.59. The van der Waals surface area contributed by atoms with E-state index in [1.807, 2.05) is 4.90 Å². The molecule has 0 N–H and O–H groups in total. The van der Waals surface area contributed by atoms with E-state index >= 15 is 0 Å². The molecule has 16 heavy (non-hydrogen) atoms. The molecule has 5 heteroatoms. The van der Waals surface area contributed by atoms with Gasteiger partial charge in [0.25, 0.3) is 0 Å². The van der Waals surface area contributed by atoms with Crippen LogP contribution in [0.2, 0.25) is 0 Å². The van der Waals surface area contributed by atoms with Crippen molar-refractivity contribution >= 4 is 21.7 Å². The quantitative estimate of drug-likeness (QED) is 0.779. The van der Waals surface area contributed by atoms with Gasteiger partial charge in [-0.25, -0.2) is 13.8 Å². The Labute approximate surface area is 102 Å². The summed E-state index contributed by atoms with van der Waals surface area (Å²) in [6, 6.07) is 0.888. The molecule has 1 aromatic rings. The summed E-state index contributed by atoms with van der Waals surface area (Å²) in [4.78, 5) is 5.70. The van der Waals surface area contributed by atoms with E-state index in [1.54, 1.807) is 0 Å². The Morgan fingerprint density at radius 3 is 2.62 bits per heavy atom. The predicted octanol–water partition coefficient (Wildman–Crippen LogP) is 2.97. The molecule has 1 saturated heterocycles. The van der Waals surface area contributed by atoms with Crippen molar-refractivity contribution in [3.8, 4) is 0 Å². The molecule has 0 bridgehead atoms. The molecule has 0 unspecified atom stereocenters. The molecule has 0 spiro atoms. The SMILES string of the molecule is Fc1cnc(N2CCC(CBr)CC2)c(F)c1. The van der Waals surface area contributed by atoms with E-state index in [-0.39, 0.29) is 5.82 Å². The van der Waals surface area contributed by atoms with Crippen molar-refractivity contribution < 1.29 is 8.78 Å². The number of nitrogens with zero attached hydrogens (tertiary/aromatic N) is 2. The fourth-order valence-electron chi connectivity index (χ4n) is 1.94. The van der Waals surface area contributed by atoms with Crippen LogP contribution in [0.25, 0.3) is 0 Å². The average molecular weight is 291 g/mol. The summed E-state index contributed by atoms with van der Waals surface area (Å²) in [7, 11) is 0. The first-order valence-electron chi connectivity index (χ1n) is 5.32. The molecule has 1 aliphatic heterocycles. The summed E-state index contributed by atoms with van der Waals surface area (Å²) in [5, 5.41) is 0.986. The van der Waals surface area contributed by atoms with E-state index in [1.165, 1.54) is 0 Å². The van der Waals surface area contributed by atoms with Crippen LogP contribution in [0.4, 0.5) is 14.6 Å². The molecule has 0 amide bonds. The van der Waals surface area contributed by atoms with Gasteiger partial charge in [0, 0.05) is 24.5 Å². The highest BCUT2D eigenvalue weighted by Gasteiger charge is 2.21. The van der Waals surface area contributed by atoms with Crippen LogP contribution in [0.5, 0.6) is 0 Å². The van der Waals surface area contributed by atoms with Crippen LogP contribution in [0, 0.1) is 17.6 Å². The van der Waals surface area contributed by atoms with E-state index < -0.39 is 11.6 Å². The molecular formula is C11H13BrF2N2. The zero-order valence-corrected chi connectivity index (χ0v) is 10.4. The number of aromatic nitrogens is 1. The Kier molecular flexibility index (Phi) is 3.74. The molecule has 0 saturated carbocycles. The van der Waals surface area contributed by atoms with Crippen LogP contribution in [-0.4, -0.2) is 23.4 Å². The van der Waals surface area contributed by atoms with Gasteiger partial charge in [-0.3, -0.25) is 0 Å². The molecule has 0 aliphatic carbocycles. The zero-order chi connectivity index (χ0) is 11.5. The lowest BCUT2D eigenvalue weighted by Gasteiger charge is -2.32. The lowest BCUT2D eigenvalue weighted by molar-refractivity contribution is 0.439. The van der Waals surface area contributed by atoms with Crippen molar-refractivity contribution in [1.82, 2.24) is 4.98 Å². The maximum atomic E-state index is 13.5. The Morgan fingerprint density at radius 2 is 2.06 bits per heavy atom. The summed E-state index contributed by atoms with van der Waals surface area (Å²) in [5.74, 6) is -0.275. The van der Waals surface area contributed by atoms with Gasteiger partial charge in [-0.2, -0.15) is 0 Å². The second kappa shape index (κ2) is 5.08. The molecule has 1 fully saturated rings. The third-order valence-corrected chi connectivity index (χ3v) is 3.84. The van der Waals surface area contributed by atoms with Crippen molar-refractivity contribution in [3.05, 3.63) is 23.9 Å². The number of hydrogen-bond donors (Lipinski definition) is 0. The van der Waals surface area contributed by atoms with Crippen molar-refractivity contribution in [2.24, 2.45) is 5.92 Å². The topological polar surface area (TPSA) is 16.1 Å². The van der Waals surface area contributed by atoms with Gasteiger partial charge in [0.15, 0.2) is 11.6 Å². The standard InChI is InChI=1S/C11H13BrF2N2/c12-6-8-1-3-16(4-2-8)11-10(14)5-9(13)7-15-11/h5,7-8H,1-4,6H2. The number of hydrogen-bond acceptors (Lipinski definition) is 2. The summed E-state index contributed by atoms with van der Waals surface area (Å²) in [6.45, 7) is 1.57. The number of piperidine rings is 1. The van der Waals surface area contributed by atoms with Gasteiger partial charge < -0.3 is 4.90 Å². The highest BCUT2D eigenvalue weighted by Crippen LogP contribution is 2.24. The van der Waals surface area contributed by atoms with E-state index in [2.05, 4.69) is 20.9 Å². The minimum Gasteiger partial charge on any atom is -0.354 e. The third kappa shape index (κ3) is 2.51. The largest absolute Gasteiger partial charge is 0.354 e. The highest BCUT2D eigenvalue weighted by atomic mass is 79.9. The molecule has 2 nitrogen and oxygen atoms in total. The highest BCUT2D eigenvalue weighted by molar-refractivity contribution is 9.09. The molecule has 0 aromatic carbocycles. The Hall–Kier alpha value is -0.710. The van der Waals surface area contributed by atoms with E-state index in [4.69, 9.17) is 0 Å². The maximum absolute atomic E-state index is 13.5. The first kappa shape index (κ1) is 11.8. The summed E-state index contributed by atoms with van der Waals surface area (Å²) < 4.78 is 26.2. The molecule has 2 heterocycles. The Balaban J connectivity index is 2.08. The van der Waals surface area contributed by atoms with E-state index in [0.717, 1.165) is 43.5 Å². The van der Waals surface area contributed by atoms with Gasteiger partial charge >= 0.3 is 0 Å². The normalized spacial score (nSPS) is 17.8. The molecule has 88 valence electrons. The van der Waals surface area contributed by atoms with Gasteiger partial charge in [0.05, 0.1) is 6.20 Å². The predicted molar refractivity (Wildman–Crippen MR) is 62.9 cm³/mol. The summed E-state index contributed by atoms with van der Waals surface area (Å²) in [6.07, 6.45) is 3.10. The third-order valence-electron chi connectivity index (χ3n) is 2.92. The lowest BCUT2D eigenvalue weighted by Crippen LogP contribution is -2.35. The molecule has 1 aromatic heterocycles. The summed E-state index contributed by atoms with van der Waals surface area (Å²) >= 11 is 3.45. The van der Waals surface area contributed by atoms with Crippen LogP contribution >= 0.6 is 15.9 Å². The minimum atomic E-state index is -0.628. The first-order valence-corrected chi connectivity index (χ1v) is 6.45. The van der Waals surface area contributed by atoms with Gasteiger partial charge in [0.1, 0.15) is 5.82 Å². The molecule has 2 rings (SSSR count). The Morgan fingerprint density at radius 1 is 1.38 bits per heavy atom. The second-order valence-corrected chi connectivity index (χ2v) is 4.69. The van der Waals surface area contributed by atoms with Crippen LogP contribution < -0.4 is 4.90 Å².